The van der Waals surface area contributed by atoms with Crippen molar-refractivity contribution in [3.63, 3.8) is 0 Å². The minimum Gasteiger partial charge on any atom is -0.289 e. The zero-order chi connectivity index (χ0) is 11.9. The summed E-state index contributed by atoms with van der Waals surface area (Å²) >= 11 is 0. The predicted molar refractivity (Wildman–Crippen MR) is 47.4 cm³/mol. The third-order valence-electron chi connectivity index (χ3n) is 2.05. The van der Waals surface area contributed by atoms with Crippen molar-refractivity contribution in [2.75, 3.05) is 0 Å². The third-order valence-corrected chi connectivity index (χ3v) is 2.05. The van der Waals surface area contributed by atoms with Gasteiger partial charge in [0.1, 0.15) is 0 Å². The summed E-state index contributed by atoms with van der Waals surface area (Å²) in [6.45, 7) is 0. The van der Waals surface area contributed by atoms with Gasteiger partial charge in [0.2, 0.25) is 0 Å². The summed E-state index contributed by atoms with van der Waals surface area (Å²) in [4.78, 5) is 22.0. The van der Waals surface area contributed by atoms with Gasteiger partial charge in [0.15, 0.2) is 17.5 Å². The van der Waals surface area contributed by atoms with Crippen LogP contribution in [0.15, 0.2) is 18.2 Å². The molecule has 1 heterocycles. The Morgan fingerprint density at radius 3 is 2.00 bits per heavy atom. The van der Waals surface area contributed by atoms with E-state index in [-0.39, 0.29) is 11.1 Å². The molecule has 1 aliphatic rings. The number of amides is 2. The van der Waals surface area contributed by atoms with Crippen molar-refractivity contribution in [3.8, 4) is 0 Å². The second-order valence-corrected chi connectivity index (χ2v) is 3.13. The van der Waals surface area contributed by atoms with E-state index in [0.29, 0.717) is 12.1 Å². The number of rotatable bonds is 1. The largest absolute Gasteiger partial charge is 0.289 e. The second kappa shape index (κ2) is 3.48. The fourth-order valence-corrected chi connectivity index (χ4v) is 1.34. The van der Waals surface area contributed by atoms with Crippen LogP contribution in [0.25, 0.3) is 5.57 Å². The molecule has 3 nitrogen and oxygen atoms in total. The van der Waals surface area contributed by atoms with Gasteiger partial charge in [-0.3, -0.25) is 14.9 Å². The maximum Gasteiger partial charge on any atom is 0.258 e. The molecule has 0 bridgehead atoms. The van der Waals surface area contributed by atoms with Crippen LogP contribution in [-0.2, 0) is 9.59 Å². The highest BCUT2D eigenvalue weighted by Gasteiger charge is 2.24. The topological polar surface area (TPSA) is 46.2 Å². The normalized spacial score (nSPS) is 15.1. The van der Waals surface area contributed by atoms with E-state index in [9.17, 15) is 22.8 Å². The average molecular weight is 227 g/mol. The maximum absolute atomic E-state index is 12.9. The smallest absolute Gasteiger partial charge is 0.258 e. The number of hydrogen-bond donors (Lipinski definition) is 1. The van der Waals surface area contributed by atoms with Crippen molar-refractivity contribution >= 4 is 17.4 Å². The molecule has 16 heavy (non-hydrogen) atoms. The van der Waals surface area contributed by atoms with Gasteiger partial charge in [-0.25, -0.2) is 13.2 Å². The van der Waals surface area contributed by atoms with E-state index in [1.807, 2.05) is 5.32 Å². The zero-order valence-electron chi connectivity index (χ0n) is 7.68. The Bertz CT molecular complexity index is 514. The Labute approximate surface area is 87.6 Å². The minimum atomic E-state index is -1.62. The van der Waals surface area contributed by atoms with Crippen molar-refractivity contribution < 1.29 is 22.8 Å². The van der Waals surface area contributed by atoms with E-state index in [1.54, 1.807) is 0 Å². The summed E-state index contributed by atoms with van der Waals surface area (Å²) in [5, 5.41) is 1.91. The lowest BCUT2D eigenvalue weighted by atomic mass is 10.1. The van der Waals surface area contributed by atoms with Gasteiger partial charge in [0, 0.05) is 6.08 Å². The molecule has 0 atom stereocenters. The number of imide groups is 1. The van der Waals surface area contributed by atoms with Crippen LogP contribution in [0.2, 0.25) is 0 Å². The van der Waals surface area contributed by atoms with Crippen molar-refractivity contribution in [3.05, 3.63) is 41.2 Å². The molecule has 0 aromatic heterocycles. The molecule has 0 saturated heterocycles. The van der Waals surface area contributed by atoms with E-state index >= 15 is 0 Å². The van der Waals surface area contributed by atoms with Gasteiger partial charge in [0.25, 0.3) is 11.8 Å². The van der Waals surface area contributed by atoms with Crippen LogP contribution in [0.3, 0.4) is 0 Å². The summed E-state index contributed by atoms with van der Waals surface area (Å²) in [5.74, 6) is -5.89. The average Bonchev–Trinajstić information content (AvgIpc) is 2.53. The molecule has 1 aromatic carbocycles. The Kier molecular flexibility index (Phi) is 2.26. The zero-order valence-corrected chi connectivity index (χ0v) is 7.68. The molecule has 2 rings (SSSR count). The van der Waals surface area contributed by atoms with Crippen molar-refractivity contribution in [1.29, 1.82) is 0 Å². The first-order valence-electron chi connectivity index (χ1n) is 4.21. The van der Waals surface area contributed by atoms with Gasteiger partial charge in [-0.05, 0) is 17.7 Å². The third kappa shape index (κ3) is 1.58. The van der Waals surface area contributed by atoms with Crippen molar-refractivity contribution in [1.82, 2.24) is 5.32 Å². The number of carbonyl (C=O) groups is 2. The summed E-state index contributed by atoms with van der Waals surface area (Å²) < 4.78 is 38.4. The first-order valence-corrected chi connectivity index (χ1v) is 4.21. The Hall–Kier alpha value is -2.11. The van der Waals surface area contributed by atoms with Gasteiger partial charge < -0.3 is 0 Å². The van der Waals surface area contributed by atoms with Crippen LogP contribution in [0.5, 0.6) is 0 Å². The monoisotopic (exact) mass is 227 g/mol. The molecule has 0 radical (unpaired) electrons. The highest BCUT2D eigenvalue weighted by atomic mass is 19.2. The maximum atomic E-state index is 12.9. The van der Waals surface area contributed by atoms with Crippen LogP contribution in [0, 0.1) is 17.5 Å². The lowest BCUT2D eigenvalue weighted by Gasteiger charge is -2.02. The molecule has 82 valence electrons. The first kappa shape index (κ1) is 10.4. The number of benzene rings is 1. The summed E-state index contributed by atoms with van der Waals surface area (Å²) in [6.07, 6.45) is 0.897. The van der Waals surface area contributed by atoms with E-state index in [0.717, 1.165) is 6.08 Å². The number of nitrogens with one attached hydrogen (secondary N) is 1. The lowest BCUT2D eigenvalue weighted by molar-refractivity contribution is -0.123. The molecule has 1 aliphatic heterocycles. The molecule has 6 heteroatoms. The molecular formula is C10H4F3NO2. The van der Waals surface area contributed by atoms with Crippen LogP contribution in [0.4, 0.5) is 13.2 Å². The van der Waals surface area contributed by atoms with E-state index in [4.69, 9.17) is 0 Å². The van der Waals surface area contributed by atoms with Gasteiger partial charge in [-0.1, -0.05) is 0 Å². The number of halogens is 3. The molecule has 1 N–H and O–H groups in total. The van der Waals surface area contributed by atoms with Gasteiger partial charge >= 0.3 is 0 Å². The molecule has 0 fully saturated rings. The van der Waals surface area contributed by atoms with Gasteiger partial charge in [-0.15, -0.1) is 0 Å². The summed E-state index contributed by atoms with van der Waals surface area (Å²) in [7, 11) is 0. The highest BCUT2D eigenvalue weighted by molar-refractivity contribution is 6.33. The molecule has 0 spiro atoms. The van der Waals surface area contributed by atoms with Crippen LogP contribution in [0.1, 0.15) is 5.56 Å². The van der Waals surface area contributed by atoms with Gasteiger partial charge in [-0.2, -0.15) is 0 Å². The van der Waals surface area contributed by atoms with Crippen molar-refractivity contribution in [2.45, 2.75) is 0 Å². The fourth-order valence-electron chi connectivity index (χ4n) is 1.34. The lowest BCUT2D eigenvalue weighted by Crippen LogP contribution is -2.21. The number of carbonyl (C=O) groups excluding carboxylic acids is 2. The van der Waals surface area contributed by atoms with Crippen LogP contribution in [-0.4, -0.2) is 11.8 Å². The van der Waals surface area contributed by atoms with Crippen LogP contribution < -0.4 is 5.32 Å². The Morgan fingerprint density at radius 1 is 1.00 bits per heavy atom. The summed E-state index contributed by atoms with van der Waals surface area (Å²) in [6, 6.07) is 1.31. The molecule has 2 amide bonds. The molecule has 0 saturated carbocycles. The summed E-state index contributed by atoms with van der Waals surface area (Å²) in [5.41, 5.74) is -0.373. The van der Waals surface area contributed by atoms with Crippen molar-refractivity contribution in [2.24, 2.45) is 0 Å². The Morgan fingerprint density at radius 2 is 1.56 bits per heavy atom. The van der Waals surface area contributed by atoms with Gasteiger partial charge in [0.05, 0.1) is 5.57 Å². The highest BCUT2D eigenvalue weighted by Crippen LogP contribution is 2.22. The first-order chi connectivity index (χ1) is 7.49. The standard InChI is InChI=1S/C10H4F3NO2/c11-6-1-4(2-7(12)9(6)13)5-3-8(15)14-10(5)16/h1-3H,(H,14,15,16). The number of hydrogen-bond acceptors (Lipinski definition) is 2. The molecule has 0 unspecified atom stereocenters. The quantitative estimate of drug-likeness (QED) is 0.577. The van der Waals surface area contributed by atoms with E-state index in [2.05, 4.69) is 0 Å². The molecule has 1 aromatic rings. The van der Waals surface area contributed by atoms with E-state index < -0.39 is 29.3 Å². The predicted octanol–water partition coefficient (Wildman–Crippen LogP) is 1.14. The molecular weight excluding hydrogens is 223 g/mol. The van der Waals surface area contributed by atoms with Crippen LogP contribution >= 0.6 is 0 Å². The van der Waals surface area contributed by atoms with E-state index in [1.165, 1.54) is 0 Å². The molecule has 0 aliphatic carbocycles. The Balaban J connectivity index is 2.54. The minimum absolute atomic E-state index is 0.181. The second-order valence-electron chi connectivity index (χ2n) is 3.13. The fraction of sp³-hybridized carbons (Fsp3) is 0. The SMILES string of the molecule is O=C1C=C(c2cc(F)c(F)c(F)c2)C(=O)N1.